The van der Waals surface area contributed by atoms with Crippen LogP contribution in [0.15, 0.2) is 23.1 Å². The zero-order valence-corrected chi connectivity index (χ0v) is 16.8. The van der Waals surface area contributed by atoms with E-state index in [1.54, 1.807) is 11.0 Å². The molecule has 1 heterocycles. The highest BCUT2D eigenvalue weighted by molar-refractivity contribution is 7.91. The van der Waals surface area contributed by atoms with Gasteiger partial charge in [0.1, 0.15) is 0 Å². The Balaban J connectivity index is 2.11. The molecule has 8 heteroatoms. The third kappa shape index (κ3) is 4.48. The Morgan fingerprint density at radius 3 is 2.54 bits per heavy atom. The van der Waals surface area contributed by atoms with Crippen LogP contribution < -0.4 is 9.47 Å². The summed E-state index contributed by atoms with van der Waals surface area (Å²) in [5.74, 6) is 0.340. The number of morpholine rings is 1. The molecule has 1 fully saturated rings. The predicted octanol–water partition coefficient (Wildman–Crippen LogP) is 1.89. The molecule has 0 aliphatic carbocycles. The van der Waals surface area contributed by atoms with Crippen LogP contribution in [0.25, 0.3) is 0 Å². The summed E-state index contributed by atoms with van der Waals surface area (Å²) < 4.78 is 41.1. The Hall–Kier alpha value is -1.80. The summed E-state index contributed by atoms with van der Waals surface area (Å²) in [5, 5.41) is 0. The molecule has 1 aliphatic heterocycles. The molecule has 1 amide bonds. The first-order valence-electron chi connectivity index (χ1n) is 8.47. The summed E-state index contributed by atoms with van der Waals surface area (Å²) in [7, 11) is -0.691. The zero-order chi connectivity index (χ0) is 19.5. The van der Waals surface area contributed by atoms with Gasteiger partial charge in [-0.25, -0.2) is 8.42 Å². The van der Waals surface area contributed by atoms with Crippen molar-refractivity contribution >= 4 is 15.7 Å². The minimum atomic E-state index is -3.62. The number of carbonyl (C=O) groups excluding carboxylic acids is 1. The van der Waals surface area contributed by atoms with E-state index in [4.69, 9.17) is 14.2 Å². The van der Waals surface area contributed by atoms with E-state index in [9.17, 15) is 13.2 Å². The molecule has 0 saturated carbocycles. The lowest BCUT2D eigenvalue weighted by Crippen LogP contribution is -2.58. The average Bonchev–Trinajstić information content (AvgIpc) is 2.61. The summed E-state index contributed by atoms with van der Waals surface area (Å²) in [4.78, 5) is 14.4. The second kappa shape index (κ2) is 7.84. The summed E-state index contributed by atoms with van der Waals surface area (Å²) in [6, 6.07) is 4.42. The zero-order valence-electron chi connectivity index (χ0n) is 15.9. The number of hydrogen-bond donors (Lipinski definition) is 0. The monoisotopic (exact) mass is 385 g/mol. The van der Waals surface area contributed by atoms with Crippen molar-refractivity contribution < 1.29 is 27.4 Å². The van der Waals surface area contributed by atoms with Crippen molar-refractivity contribution in [3.05, 3.63) is 18.2 Å². The van der Waals surface area contributed by atoms with Gasteiger partial charge in [-0.15, -0.1) is 0 Å². The van der Waals surface area contributed by atoms with Gasteiger partial charge in [0.05, 0.1) is 43.1 Å². The number of nitrogens with zero attached hydrogens (tertiary/aromatic N) is 1. The molecule has 7 nitrogen and oxygen atoms in total. The van der Waals surface area contributed by atoms with Crippen molar-refractivity contribution in [2.75, 3.05) is 33.1 Å². The first kappa shape index (κ1) is 20.5. The van der Waals surface area contributed by atoms with E-state index in [1.807, 2.05) is 20.8 Å². The van der Waals surface area contributed by atoms with E-state index in [-0.39, 0.29) is 29.1 Å². The van der Waals surface area contributed by atoms with Gasteiger partial charge in [0.15, 0.2) is 21.3 Å². The van der Waals surface area contributed by atoms with Crippen molar-refractivity contribution in [2.24, 2.45) is 0 Å². The average molecular weight is 385 g/mol. The number of hydrogen-bond acceptors (Lipinski definition) is 6. The van der Waals surface area contributed by atoms with E-state index >= 15 is 0 Å². The molecule has 2 rings (SSSR count). The molecule has 0 radical (unpaired) electrons. The van der Waals surface area contributed by atoms with Crippen LogP contribution in [0.5, 0.6) is 11.5 Å². The molecule has 1 aromatic carbocycles. The number of benzene rings is 1. The summed E-state index contributed by atoms with van der Waals surface area (Å²) in [6.07, 6.45) is -0.137. The highest BCUT2D eigenvalue weighted by Gasteiger charge is 2.36. The fourth-order valence-electron chi connectivity index (χ4n) is 2.90. The van der Waals surface area contributed by atoms with Gasteiger partial charge in [0.25, 0.3) is 0 Å². The van der Waals surface area contributed by atoms with E-state index in [1.165, 1.54) is 26.4 Å². The standard InChI is InChI=1S/C18H27NO6S/c1-13-11-19(18(2,3)12-25-13)17(20)8-9-26(21,22)14-6-7-15(23-4)16(10-14)24-5/h6-7,10,13H,8-9,11-12H2,1-5H3. The topological polar surface area (TPSA) is 82.1 Å². The maximum atomic E-state index is 12.6. The molecule has 146 valence electrons. The van der Waals surface area contributed by atoms with Gasteiger partial charge in [-0.3, -0.25) is 4.79 Å². The highest BCUT2D eigenvalue weighted by Crippen LogP contribution is 2.30. The maximum Gasteiger partial charge on any atom is 0.224 e. The van der Waals surface area contributed by atoms with Crippen molar-refractivity contribution in [1.82, 2.24) is 4.90 Å². The van der Waals surface area contributed by atoms with Crippen LogP contribution in [-0.2, 0) is 19.4 Å². The van der Waals surface area contributed by atoms with Crippen LogP contribution in [0.1, 0.15) is 27.2 Å². The van der Waals surface area contributed by atoms with Crippen molar-refractivity contribution in [3.8, 4) is 11.5 Å². The van der Waals surface area contributed by atoms with E-state index in [0.717, 1.165) is 0 Å². The second-order valence-corrected chi connectivity index (χ2v) is 9.13. The Bertz CT molecular complexity index is 759. The van der Waals surface area contributed by atoms with Gasteiger partial charge in [-0.05, 0) is 32.9 Å². The molecule has 1 unspecified atom stereocenters. The summed E-state index contributed by atoms with van der Waals surface area (Å²) in [6.45, 7) is 6.62. The van der Waals surface area contributed by atoms with E-state index in [0.29, 0.717) is 24.7 Å². The van der Waals surface area contributed by atoms with Crippen molar-refractivity contribution in [1.29, 1.82) is 0 Å². The normalized spacial score (nSPS) is 19.9. The lowest BCUT2D eigenvalue weighted by Gasteiger charge is -2.44. The molecular formula is C18H27NO6S. The number of rotatable bonds is 6. The van der Waals surface area contributed by atoms with Gasteiger partial charge in [0, 0.05) is 19.0 Å². The molecule has 1 atom stereocenters. The maximum absolute atomic E-state index is 12.6. The largest absolute Gasteiger partial charge is 0.493 e. The quantitative estimate of drug-likeness (QED) is 0.744. The molecular weight excluding hydrogens is 358 g/mol. The molecule has 0 spiro atoms. The molecule has 1 saturated heterocycles. The van der Waals surface area contributed by atoms with Crippen molar-refractivity contribution in [2.45, 2.75) is 43.7 Å². The third-order valence-electron chi connectivity index (χ3n) is 4.49. The van der Waals surface area contributed by atoms with Gasteiger partial charge >= 0.3 is 0 Å². The van der Waals surface area contributed by atoms with Crippen LogP contribution in [0, 0.1) is 0 Å². The van der Waals surface area contributed by atoms with Gasteiger partial charge in [0.2, 0.25) is 5.91 Å². The molecule has 1 aliphatic rings. The van der Waals surface area contributed by atoms with Crippen LogP contribution in [-0.4, -0.2) is 64.0 Å². The van der Waals surface area contributed by atoms with Gasteiger partial charge in [-0.2, -0.15) is 0 Å². The van der Waals surface area contributed by atoms with Crippen molar-refractivity contribution in [3.63, 3.8) is 0 Å². The fourth-order valence-corrected chi connectivity index (χ4v) is 4.15. The lowest BCUT2D eigenvalue weighted by molar-refractivity contribution is -0.152. The Labute approximate surface area is 155 Å². The molecule has 0 N–H and O–H groups in total. The first-order valence-corrected chi connectivity index (χ1v) is 10.1. The lowest BCUT2D eigenvalue weighted by atomic mass is 10.0. The Morgan fingerprint density at radius 2 is 1.92 bits per heavy atom. The third-order valence-corrected chi connectivity index (χ3v) is 6.21. The number of sulfone groups is 1. The van der Waals surface area contributed by atoms with Crippen LogP contribution >= 0.6 is 0 Å². The SMILES string of the molecule is COc1ccc(S(=O)(=O)CCC(=O)N2CC(C)OCC2(C)C)cc1OC. The van der Waals surface area contributed by atoms with Gasteiger partial charge in [-0.1, -0.05) is 0 Å². The second-order valence-electron chi connectivity index (χ2n) is 7.02. The van der Waals surface area contributed by atoms with Crippen LogP contribution in [0.2, 0.25) is 0 Å². The van der Waals surface area contributed by atoms with Gasteiger partial charge < -0.3 is 19.1 Å². The highest BCUT2D eigenvalue weighted by atomic mass is 32.2. The Morgan fingerprint density at radius 1 is 1.27 bits per heavy atom. The fraction of sp³-hybridized carbons (Fsp3) is 0.611. The molecule has 26 heavy (non-hydrogen) atoms. The first-order chi connectivity index (χ1) is 12.1. The summed E-state index contributed by atoms with van der Waals surface area (Å²) >= 11 is 0. The Kier molecular flexibility index (Phi) is 6.18. The van der Waals surface area contributed by atoms with Crippen LogP contribution in [0.3, 0.4) is 0 Å². The number of carbonyl (C=O) groups is 1. The number of amides is 1. The number of methoxy groups -OCH3 is 2. The molecule has 0 bridgehead atoms. The summed E-state index contributed by atoms with van der Waals surface area (Å²) in [5.41, 5.74) is -0.448. The minimum absolute atomic E-state index is 0.0607. The predicted molar refractivity (Wildman–Crippen MR) is 97.4 cm³/mol. The molecule has 1 aromatic rings. The van der Waals surface area contributed by atoms with Crippen LogP contribution in [0.4, 0.5) is 0 Å². The molecule has 0 aromatic heterocycles. The minimum Gasteiger partial charge on any atom is -0.493 e. The number of ether oxygens (including phenoxy) is 3. The smallest absolute Gasteiger partial charge is 0.224 e. The van der Waals surface area contributed by atoms with E-state index < -0.39 is 15.4 Å². The van der Waals surface area contributed by atoms with E-state index in [2.05, 4.69) is 0 Å².